The van der Waals surface area contributed by atoms with Crippen LogP contribution in [0.1, 0.15) is 90.9 Å². The molecule has 55 heavy (non-hydrogen) atoms. The Morgan fingerprint density at radius 1 is 0.473 bits per heavy atom. The average molecular weight is 869 g/mol. The van der Waals surface area contributed by atoms with Crippen LogP contribution in [0, 0.1) is 0 Å². The van der Waals surface area contributed by atoms with Crippen molar-refractivity contribution in [3.8, 4) is 21.1 Å². The first kappa shape index (κ1) is 44.5. The number of hydrogen-bond acceptors (Lipinski definition) is 8. The van der Waals surface area contributed by atoms with Crippen molar-refractivity contribution >= 4 is 74.5 Å². The summed E-state index contributed by atoms with van der Waals surface area (Å²) in [6, 6.07) is 30.5. The first-order chi connectivity index (χ1) is 26.2. The molecule has 6 aromatic rings. The monoisotopic (exact) mass is 866 g/mol. The zero-order valence-electron chi connectivity index (χ0n) is 31.9. The number of rotatable bonds is 20. The molecule has 13 heteroatoms. The molecule has 6 rings (SSSR count). The molecule has 0 atom stereocenters. The summed E-state index contributed by atoms with van der Waals surface area (Å²) in [5.41, 5.74) is 4.32. The molecule has 0 radical (unpaired) electrons. The van der Waals surface area contributed by atoms with Crippen LogP contribution in [-0.4, -0.2) is 38.3 Å². The van der Waals surface area contributed by atoms with Crippen LogP contribution < -0.4 is 0 Å². The summed E-state index contributed by atoms with van der Waals surface area (Å²) < 4.78 is 60.2. The van der Waals surface area contributed by atoms with Gasteiger partial charge in [-0.05, 0) is 48.2 Å². The van der Waals surface area contributed by atoms with Crippen molar-refractivity contribution in [1.82, 2.24) is 9.97 Å². The molecule has 4 aromatic carbocycles. The Balaban J connectivity index is 0.000000240. The second-order valence-electron chi connectivity index (χ2n) is 13.3. The number of fused-ring (bicyclic) bond motifs is 2. The number of nitrogens with zero attached hydrogens (tertiary/aromatic N) is 4. The second kappa shape index (κ2) is 22.5. The molecule has 0 fully saturated rings. The van der Waals surface area contributed by atoms with Crippen LogP contribution in [0.2, 0.25) is 0 Å². The summed E-state index contributed by atoms with van der Waals surface area (Å²) in [6.45, 7) is 4.35. The predicted octanol–water partition coefficient (Wildman–Crippen LogP) is 13.3. The van der Waals surface area contributed by atoms with Gasteiger partial charge in [0.25, 0.3) is 0 Å². The van der Waals surface area contributed by atoms with Gasteiger partial charge < -0.3 is 9.44 Å². The van der Waals surface area contributed by atoms with Gasteiger partial charge in [0.15, 0.2) is 0 Å². The van der Waals surface area contributed by atoms with Gasteiger partial charge in [0.2, 0.25) is 0 Å². The van der Waals surface area contributed by atoms with Gasteiger partial charge in [-0.25, -0.2) is 26.8 Å². The molecule has 0 unspecified atom stereocenters. The summed E-state index contributed by atoms with van der Waals surface area (Å²) in [5.74, 6) is 0.209. The molecule has 0 spiro atoms. The fourth-order valence-electron chi connectivity index (χ4n) is 5.96. The molecular formula is C42H50N4O4S4Zn. The van der Waals surface area contributed by atoms with Gasteiger partial charge >= 0.3 is 19.5 Å². The summed E-state index contributed by atoms with van der Waals surface area (Å²) >= 11 is 3.11. The normalized spacial score (nSPS) is 11.5. The van der Waals surface area contributed by atoms with E-state index in [0.717, 1.165) is 67.3 Å². The number of sulfonamides is 2. The number of aromatic nitrogens is 2. The van der Waals surface area contributed by atoms with E-state index in [1.165, 1.54) is 38.5 Å². The first-order valence-corrected chi connectivity index (χ1v) is 23.8. The molecule has 0 saturated carbocycles. The average Bonchev–Trinajstić information content (AvgIpc) is 3.80. The summed E-state index contributed by atoms with van der Waals surface area (Å²) in [7, 11) is -6.97. The van der Waals surface area contributed by atoms with Gasteiger partial charge in [-0.15, -0.1) is 34.0 Å². The molecule has 2 heterocycles. The third kappa shape index (κ3) is 14.0. The first-order valence-electron chi connectivity index (χ1n) is 19.0. The van der Waals surface area contributed by atoms with Gasteiger partial charge in [0.05, 0.1) is 40.5 Å². The molecule has 0 aliphatic heterocycles. The molecule has 2 aromatic heterocycles. The van der Waals surface area contributed by atoms with Gasteiger partial charge in [-0.1, -0.05) is 151 Å². The molecule has 0 amide bonds. The van der Waals surface area contributed by atoms with Crippen LogP contribution >= 0.6 is 22.7 Å². The fraction of sp³-hybridized carbons (Fsp3) is 0.381. The quantitative estimate of drug-likeness (QED) is 0.0556. The number of unbranched alkanes of at least 4 members (excludes halogenated alkanes) is 10. The largest absolute Gasteiger partial charge is 2.00 e. The van der Waals surface area contributed by atoms with E-state index in [9.17, 15) is 16.8 Å². The minimum Gasteiger partial charge on any atom is -0.576 e. The van der Waals surface area contributed by atoms with Gasteiger partial charge in [-0.3, -0.25) is 0 Å². The van der Waals surface area contributed by atoms with E-state index in [-0.39, 0.29) is 31.0 Å². The maximum Gasteiger partial charge on any atom is 2.00 e. The maximum atomic E-state index is 12.5. The molecule has 8 nitrogen and oxygen atoms in total. The Bertz CT molecular complexity index is 2060. The Morgan fingerprint density at radius 3 is 1.22 bits per heavy atom. The summed E-state index contributed by atoms with van der Waals surface area (Å²) in [6.07, 6.45) is 12.5. The van der Waals surface area contributed by atoms with Crippen molar-refractivity contribution in [2.24, 2.45) is 0 Å². The van der Waals surface area contributed by atoms with Crippen LogP contribution in [0.5, 0.6) is 0 Å². The third-order valence-electron chi connectivity index (χ3n) is 8.84. The minimum atomic E-state index is -3.49. The SMILES string of the molecule is CCCCCCCCS(=O)(=O)[N-]c1ccccc1-c1nc2ccccc2s1.CCCCCCCCS(=O)(=O)[N-]c1ccccc1-c1nc2ccccc2s1.[Zn+2]. The minimum absolute atomic E-state index is 0. The van der Waals surface area contributed by atoms with Crippen molar-refractivity contribution in [2.75, 3.05) is 11.5 Å². The number of hydrogen-bond donors (Lipinski definition) is 0. The molecule has 0 saturated heterocycles. The van der Waals surface area contributed by atoms with E-state index in [2.05, 4.69) is 33.3 Å². The van der Waals surface area contributed by atoms with Gasteiger partial charge in [-0.2, -0.15) is 0 Å². The number of para-hydroxylation sites is 2. The number of benzene rings is 4. The maximum absolute atomic E-state index is 12.5. The van der Waals surface area contributed by atoms with Crippen LogP contribution in [-0.2, 0) is 39.5 Å². The predicted molar refractivity (Wildman–Crippen MR) is 230 cm³/mol. The van der Waals surface area contributed by atoms with Crippen LogP contribution in [0.15, 0.2) is 97.1 Å². The molecule has 288 valence electrons. The van der Waals surface area contributed by atoms with Crippen molar-refractivity contribution in [1.29, 1.82) is 0 Å². The topological polar surface area (TPSA) is 122 Å². The van der Waals surface area contributed by atoms with E-state index < -0.39 is 20.0 Å². The second-order valence-corrected chi connectivity index (χ2v) is 18.9. The van der Waals surface area contributed by atoms with E-state index in [1.54, 1.807) is 34.8 Å². The third-order valence-corrected chi connectivity index (χ3v) is 13.5. The van der Waals surface area contributed by atoms with Gasteiger partial charge in [0.1, 0.15) is 10.0 Å². The number of thiazole rings is 2. The Morgan fingerprint density at radius 2 is 0.818 bits per heavy atom. The van der Waals surface area contributed by atoms with Crippen molar-refractivity contribution in [3.63, 3.8) is 0 Å². The van der Waals surface area contributed by atoms with E-state index >= 15 is 0 Å². The standard InChI is InChI=1S/2C21H25N2O2S2.Zn/c2*1-2-3-4-5-6-11-16-27(24,25)23-18-13-8-7-12-17(18)21-22-19-14-9-10-15-20(19)26-21;/h2*7-10,12-15H,2-6,11,16H2,1H3;/q2*-1;+2. The fourth-order valence-corrected chi connectivity index (χ4v) is 10.2. The van der Waals surface area contributed by atoms with Crippen LogP contribution in [0.25, 0.3) is 51.0 Å². The molecular weight excluding hydrogens is 818 g/mol. The Labute approximate surface area is 348 Å². The summed E-state index contributed by atoms with van der Waals surface area (Å²) in [5, 5.41) is 1.59. The van der Waals surface area contributed by atoms with E-state index in [0.29, 0.717) is 24.2 Å². The van der Waals surface area contributed by atoms with Crippen LogP contribution in [0.3, 0.4) is 0 Å². The van der Waals surface area contributed by atoms with Crippen molar-refractivity contribution in [2.45, 2.75) is 90.9 Å². The Hall–Kier alpha value is -3.22. The van der Waals surface area contributed by atoms with E-state index in [1.807, 2.05) is 84.9 Å². The zero-order chi connectivity index (χ0) is 38.2. The summed E-state index contributed by atoms with van der Waals surface area (Å²) in [4.78, 5) is 9.28. The molecule has 0 aliphatic rings. The molecule has 0 aliphatic carbocycles. The van der Waals surface area contributed by atoms with Crippen LogP contribution in [0.4, 0.5) is 11.4 Å². The van der Waals surface area contributed by atoms with Crippen molar-refractivity contribution < 1.29 is 36.3 Å². The van der Waals surface area contributed by atoms with Crippen molar-refractivity contribution in [3.05, 3.63) is 107 Å². The van der Waals surface area contributed by atoms with E-state index in [4.69, 9.17) is 0 Å². The smallest absolute Gasteiger partial charge is 0.576 e. The molecule has 0 N–H and O–H groups in total. The molecule has 0 bridgehead atoms. The van der Waals surface area contributed by atoms with Gasteiger partial charge in [0, 0.05) is 11.5 Å². The zero-order valence-corrected chi connectivity index (χ0v) is 38.1. The Kier molecular flexibility index (Phi) is 18.2.